The molecule has 1 atom stereocenters. The van der Waals surface area contributed by atoms with Gasteiger partial charge in [0.15, 0.2) is 0 Å². The Kier molecular flexibility index (Phi) is 5.92. The first kappa shape index (κ1) is 12.9. The van der Waals surface area contributed by atoms with Crippen molar-refractivity contribution in [1.29, 1.82) is 0 Å². The SMILES string of the molecule is CC(CCC(=O)O)CNC(=O)C(C)C. The summed E-state index contributed by atoms with van der Waals surface area (Å²) in [5.41, 5.74) is 0. The molecule has 0 bridgehead atoms. The Bertz CT molecular complexity index is 202. The fourth-order valence-electron chi connectivity index (χ4n) is 0.951. The van der Waals surface area contributed by atoms with E-state index in [4.69, 9.17) is 5.11 Å². The molecular formula is C10H19NO3. The highest BCUT2D eigenvalue weighted by Crippen LogP contribution is 2.04. The number of carbonyl (C=O) groups excluding carboxylic acids is 1. The van der Waals surface area contributed by atoms with Crippen LogP contribution >= 0.6 is 0 Å². The van der Waals surface area contributed by atoms with Crippen molar-refractivity contribution in [3.63, 3.8) is 0 Å². The molecule has 0 heterocycles. The van der Waals surface area contributed by atoms with Crippen LogP contribution in [0.3, 0.4) is 0 Å². The summed E-state index contributed by atoms with van der Waals surface area (Å²) in [6.45, 7) is 6.16. The molecule has 0 spiro atoms. The maximum atomic E-state index is 11.2. The highest BCUT2D eigenvalue weighted by molar-refractivity contribution is 5.77. The molecule has 1 amide bonds. The van der Waals surface area contributed by atoms with Crippen LogP contribution in [-0.4, -0.2) is 23.5 Å². The first-order valence-electron chi connectivity index (χ1n) is 4.93. The highest BCUT2D eigenvalue weighted by atomic mass is 16.4. The second kappa shape index (κ2) is 6.40. The van der Waals surface area contributed by atoms with Gasteiger partial charge < -0.3 is 10.4 Å². The van der Waals surface area contributed by atoms with Gasteiger partial charge in [0.25, 0.3) is 0 Å². The molecule has 0 saturated heterocycles. The van der Waals surface area contributed by atoms with Crippen molar-refractivity contribution in [3.05, 3.63) is 0 Å². The van der Waals surface area contributed by atoms with Crippen LogP contribution in [0.5, 0.6) is 0 Å². The minimum atomic E-state index is -0.785. The average Bonchev–Trinajstić information content (AvgIpc) is 2.10. The summed E-state index contributed by atoms with van der Waals surface area (Å²) in [4.78, 5) is 21.4. The predicted molar refractivity (Wildman–Crippen MR) is 53.9 cm³/mol. The topological polar surface area (TPSA) is 66.4 Å². The number of carboxylic acid groups (broad SMARTS) is 1. The van der Waals surface area contributed by atoms with Gasteiger partial charge in [-0.3, -0.25) is 9.59 Å². The van der Waals surface area contributed by atoms with E-state index in [1.807, 2.05) is 20.8 Å². The van der Waals surface area contributed by atoms with Crippen molar-refractivity contribution in [2.75, 3.05) is 6.54 Å². The Hall–Kier alpha value is -1.06. The summed E-state index contributed by atoms with van der Waals surface area (Å²) in [6.07, 6.45) is 0.770. The molecule has 0 radical (unpaired) electrons. The number of carboxylic acids is 1. The summed E-state index contributed by atoms with van der Waals surface area (Å²) in [5.74, 6) is -0.560. The lowest BCUT2D eigenvalue weighted by Crippen LogP contribution is -2.31. The van der Waals surface area contributed by atoms with E-state index in [1.165, 1.54) is 0 Å². The van der Waals surface area contributed by atoms with Crippen LogP contribution < -0.4 is 5.32 Å². The molecule has 0 fully saturated rings. The lowest BCUT2D eigenvalue weighted by Gasteiger charge is -2.12. The minimum absolute atomic E-state index is 0.0123. The van der Waals surface area contributed by atoms with Gasteiger partial charge in [-0.2, -0.15) is 0 Å². The fraction of sp³-hybridized carbons (Fsp3) is 0.800. The third-order valence-corrected chi connectivity index (χ3v) is 2.00. The zero-order chi connectivity index (χ0) is 11.1. The van der Waals surface area contributed by atoms with E-state index in [1.54, 1.807) is 0 Å². The maximum absolute atomic E-state index is 11.2. The molecule has 2 N–H and O–H groups in total. The Morgan fingerprint density at radius 2 is 1.86 bits per heavy atom. The molecule has 0 aromatic rings. The van der Waals surface area contributed by atoms with Crippen LogP contribution in [0.25, 0.3) is 0 Å². The van der Waals surface area contributed by atoms with Crippen LogP contribution in [0.2, 0.25) is 0 Å². The van der Waals surface area contributed by atoms with E-state index in [9.17, 15) is 9.59 Å². The summed E-state index contributed by atoms with van der Waals surface area (Å²) < 4.78 is 0. The maximum Gasteiger partial charge on any atom is 0.303 e. The summed E-state index contributed by atoms with van der Waals surface area (Å²) in [7, 11) is 0. The number of carbonyl (C=O) groups is 2. The van der Waals surface area contributed by atoms with E-state index < -0.39 is 5.97 Å². The van der Waals surface area contributed by atoms with Crippen LogP contribution in [-0.2, 0) is 9.59 Å². The minimum Gasteiger partial charge on any atom is -0.481 e. The summed E-state index contributed by atoms with van der Waals surface area (Å²) in [5, 5.41) is 11.2. The molecule has 82 valence electrons. The third-order valence-electron chi connectivity index (χ3n) is 2.00. The van der Waals surface area contributed by atoms with E-state index in [0.717, 1.165) is 0 Å². The van der Waals surface area contributed by atoms with Crippen molar-refractivity contribution in [2.45, 2.75) is 33.6 Å². The third kappa shape index (κ3) is 6.46. The summed E-state index contributed by atoms with van der Waals surface area (Å²) in [6, 6.07) is 0. The molecule has 0 saturated carbocycles. The van der Waals surface area contributed by atoms with Crippen molar-refractivity contribution in [3.8, 4) is 0 Å². The molecule has 0 aliphatic heterocycles. The van der Waals surface area contributed by atoms with Gasteiger partial charge in [0.05, 0.1) is 0 Å². The molecule has 0 aliphatic carbocycles. The molecule has 1 unspecified atom stereocenters. The Morgan fingerprint density at radius 1 is 1.29 bits per heavy atom. The molecule has 0 aromatic heterocycles. The van der Waals surface area contributed by atoms with Gasteiger partial charge in [-0.05, 0) is 12.3 Å². The Labute approximate surface area is 84.7 Å². The molecule has 4 nitrogen and oxygen atoms in total. The summed E-state index contributed by atoms with van der Waals surface area (Å²) >= 11 is 0. The first-order chi connectivity index (χ1) is 6.43. The van der Waals surface area contributed by atoms with E-state index >= 15 is 0 Å². The first-order valence-corrected chi connectivity index (χ1v) is 4.93. The van der Waals surface area contributed by atoms with E-state index in [2.05, 4.69) is 5.32 Å². The molecule has 0 aromatic carbocycles. The van der Waals surface area contributed by atoms with Gasteiger partial charge in [0.2, 0.25) is 5.91 Å². The number of hydrogen-bond acceptors (Lipinski definition) is 2. The lowest BCUT2D eigenvalue weighted by atomic mass is 10.1. The second-order valence-electron chi connectivity index (χ2n) is 3.94. The highest BCUT2D eigenvalue weighted by Gasteiger charge is 2.09. The quantitative estimate of drug-likeness (QED) is 0.680. The monoisotopic (exact) mass is 201 g/mol. The molecule has 0 aliphatic rings. The molecular weight excluding hydrogens is 182 g/mol. The lowest BCUT2D eigenvalue weighted by molar-refractivity contribution is -0.137. The molecule has 0 rings (SSSR count). The van der Waals surface area contributed by atoms with Crippen LogP contribution in [0, 0.1) is 11.8 Å². The second-order valence-corrected chi connectivity index (χ2v) is 3.94. The number of hydrogen-bond donors (Lipinski definition) is 2. The van der Waals surface area contributed by atoms with Gasteiger partial charge >= 0.3 is 5.97 Å². The van der Waals surface area contributed by atoms with Gasteiger partial charge in [0, 0.05) is 18.9 Å². The zero-order valence-corrected chi connectivity index (χ0v) is 9.04. The van der Waals surface area contributed by atoms with Crippen LogP contribution in [0.1, 0.15) is 33.6 Å². The van der Waals surface area contributed by atoms with Gasteiger partial charge in [-0.1, -0.05) is 20.8 Å². The fourth-order valence-corrected chi connectivity index (χ4v) is 0.951. The number of amides is 1. The smallest absolute Gasteiger partial charge is 0.303 e. The normalized spacial score (nSPS) is 12.6. The largest absolute Gasteiger partial charge is 0.481 e. The molecule has 4 heteroatoms. The Balaban J connectivity index is 3.58. The van der Waals surface area contributed by atoms with Crippen molar-refractivity contribution in [2.24, 2.45) is 11.8 Å². The number of aliphatic carboxylic acids is 1. The number of nitrogens with one attached hydrogen (secondary N) is 1. The standard InChI is InChI=1S/C10H19NO3/c1-7(2)10(14)11-6-8(3)4-5-9(12)13/h7-8H,4-6H2,1-3H3,(H,11,14)(H,12,13). The van der Waals surface area contributed by atoms with E-state index in [0.29, 0.717) is 13.0 Å². The van der Waals surface area contributed by atoms with Gasteiger partial charge in [-0.25, -0.2) is 0 Å². The Morgan fingerprint density at radius 3 is 2.29 bits per heavy atom. The van der Waals surface area contributed by atoms with Crippen LogP contribution in [0.4, 0.5) is 0 Å². The number of rotatable bonds is 6. The molecule has 14 heavy (non-hydrogen) atoms. The average molecular weight is 201 g/mol. The van der Waals surface area contributed by atoms with Crippen molar-refractivity contribution >= 4 is 11.9 Å². The zero-order valence-electron chi connectivity index (χ0n) is 9.04. The predicted octanol–water partition coefficient (Wildman–Crippen LogP) is 1.26. The van der Waals surface area contributed by atoms with Crippen molar-refractivity contribution < 1.29 is 14.7 Å². The van der Waals surface area contributed by atoms with Gasteiger partial charge in [0.1, 0.15) is 0 Å². The van der Waals surface area contributed by atoms with Gasteiger partial charge in [-0.15, -0.1) is 0 Å². The van der Waals surface area contributed by atoms with E-state index in [-0.39, 0.29) is 24.2 Å². The van der Waals surface area contributed by atoms with Crippen LogP contribution in [0.15, 0.2) is 0 Å². The van der Waals surface area contributed by atoms with Crippen molar-refractivity contribution in [1.82, 2.24) is 5.32 Å².